The summed E-state index contributed by atoms with van der Waals surface area (Å²) in [6, 6.07) is 1.88. The molecule has 0 saturated carbocycles. The van der Waals surface area contributed by atoms with Crippen LogP contribution in [0.4, 0.5) is 5.69 Å². The summed E-state index contributed by atoms with van der Waals surface area (Å²) in [6.07, 6.45) is 3.47. The van der Waals surface area contributed by atoms with E-state index in [0.29, 0.717) is 12.2 Å². The van der Waals surface area contributed by atoms with Crippen molar-refractivity contribution in [2.24, 2.45) is 0 Å². The van der Waals surface area contributed by atoms with E-state index in [9.17, 15) is 4.79 Å². The third-order valence-corrected chi connectivity index (χ3v) is 3.20. The Hall–Kier alpha value is -2.37. The van der Waals surface area contributed by atoms with Crippen molar-refractivity contribution < 1.29 is 4.79 Å². The molecule has 2 rings (SSSR count). The van der Waals surface area contributed by atoms with Crippen molar-refractivity contribution in [2.45, 2.75) is 33.2 Å². The fourth-order valence-electron chi connectivity index (χ4n) is 1.94. The smallest absolute Gasteiger partial charge is 0.274 e. The Morgan fingerprint density at radius 3 is 2.85 bits per heavy atom. The van der Waals surface area contributed by atoms with Gasteiger partial charge in [-0.2, -0.15) is 5.10 Å². The largest absolute Gasteiger partial charge is 0.395 e. The lowest BCUT2D eigenvalue weighted by Gasteiger charge is -2.07. The van der Waals surface area contributed by atoms with Gasteiger partial charge in [0.2, 0.25) is 0 Å². The zero-order valence-electron chi connectivity index (χ0n) is 11.9. The van der Waals surface area contributed by atoms with Gasteiger partial charge >= 0.3 is 0 Å². The number of aromatic amines is 1. The van der Waals surface area contributed by atoms with Crippen molar-refractivity contribution in [1.82, 2.24) is 20.5 Å². The fourth-order valence-corrected chi connectivity index (χ4v) is 1.94. The van der Waals surface area contributed by atoms with E-state index in [1.54, 1.807) is 12.4 Å². The highest BCUT2D eigenvalue weighted by molar-refractivity contribution is 5.97. The maximum atomic E-state index is 12.1. The summed E-state index contributed by atoms with van der Waals surface area (Å²) in [6.45, 7) is 6.36. The second-order valence-corrected chi connectivity index (χ2v) is 5.04. The zero-order chi connectivity index (χ0) is 14.7. The third-order valence-electron chi connectivity index (χ3n) is 3.20. The van der Waals surface area contributed by atoms with E-state index in [1.165, 1.54) is 0 Å². The number of pyridine rings is 1. The number of nitrogens with zero attached hydrogens (tertiary/aromatic N) is 2. The van der Waals surface area contributed by atoms with Gasteiger partial charge < -0.3 is 11.1 Å². The second-order valence-electron chi connectivity index (χ2n) is 5.04. The summed E-state index contributed by atoms with van der Waals surface area (Å²) in [7, 11) is 0. The first-order valence-electron chi connectivity index (χ1n) is 6.52. The Morgan fingerprint density at radius 2 is 2.25 bits per heavy atom. The zero-order valence-corrected chi connectivity index (χ0v) is 11.9. The molecule has 2 aromatic rings. The number of carbonyl (C=O) groups excluding carboxylic acids is 1. The number of amides is 1. The lowest BCUT2D eigenvalue weighted by atomic mass is 10.1. The number of aryl methyl sites for hydroxylation is 1. The second kappa shape index (κ2) is 5.73. The maximum Gasteiger partial charge on any atom is 0.274 e. The molecule has 4 N–H and O–H groups in total. The first-order chi connectivity index (χ1) is 9.50. The van der Waals surface area contributed by atoms with Crippen molar-refractivity contribution in [3.63, 3.8) is 0 Å². The van der Waals surface area contributed by atoms with Crippen LogP contribution in [0.1, 0.15) is 47.1 Å². The maximum absolute atomic E-state index is 12.1. The lowest BCUT2D eigenvalue weighted by Crippen LogP contribution is -2.24. The van der Waals surface area contributed by atoms with Crippen LogP contribution in [-0.2, 0) is 6.54 Å². The molecule has 0 radical (unpaired) electrons. The van der Waals surface area contributed by atoms with Gasteiger partial charge in [0.1, 0.15) is 0 Å². The van der Waals surface area contributed by atoms with Crippen LogP contribution < -0.4 is 11.1 Å². The number of aromatic nitrogens is 3. The van der Waals surface area contributed by atoms with E-state index in [-0.39, 0.29) is 17.5 Å². The molecule has 0 fully saturated rings. The normalized spacial score (nSPS) is 10.8. The number of nitrogens with one attached hydrogen (secondary N) is 2. The SMILES string of the molecule is Cc1cnccc1CNC(=O)c1n[nH]c(C(C)C)c1N. The Labute approximate surface area is 117 Å². The van der Waals surface area contributed by atoms with E-state index in [1.807, 2.05) is 26.8 Å². The van der Waals surface area contributed by atoms with Gasteiger partial charge in [0.25, 0.3) is 5.91 Å². The minimum absolute atomic E-state index is 0.200. The van der Waals surface area contributed by atoms with Crippen molar-refractivity contribution in [3.05, 3.63) is 41.0 Å². The molecule has 0 unspecified atom stereocenters. The average Bonchev–Trinajstić information content (AvgIpc) is 2.79. The Balaban J connectivity index is 2.08. The Kier molecular flexibility index (Phi) is 4.02. The average molecular weight is 273 g/mol. The van der Waals surface area contributed by atoms with Crippen molar-refractivity contribution in [1.29, 1.82) is 0 Å². The molecular formula is C14H19N5O. The van der Waals surface area contributed by atoms with Crippen LogP contribution >= 0.6 is 0 Å². The number of H-pyrrole nitrogens is 1. The van der Waals surface area contributed by atoms with Gasteiger partial charge in [0, 0.05) is 18.9 Å². The minimum Gasteiger partial charge on any atom is -0.395 e. The number of carbonyl (C=O) groups is 1. The van der Waals surface area contributed by atoms with Crippen LogP contribution in [0.15, 0.2) is 18.5 Å². The van der Waals surface area contributed by atoms with Crippen LogP contribution in [0, 0.1) is 6.92 Å². The predicted molar refractivity (Wildman–Crippen MR) is 77.2 cm³/mol. The van der Waals surface area contributed by atoms with Gasteiger partial charge in [0.15, 0.2) is 5.69 Å². The lowest BCUT2D eigenvalue weighted by molar-refractivity contribution is 0.0946. The standard InChI is InChI=1S/C14H19N5O/c1-8(2)12-11(15)13(19-18-12)14(20)17-7-10-4-5-16-6-9(10)3/h4-6,8H,7,15H2,1-3H3,(H,17,20)(H,18,19). The molecule has 106 valence electrons. The van der Waals surface area contributed by atoms with Gasteiger partial charge in [0.05, 0.1) is 11.4 Å². The Bertz CT molecular complexity index is 618. The van der Waals surface area contributed by atoms with E-state index < -0.39 is 0 Å². The van der Waals surface area contributed by atoms with Gasteiger partial charge in [-0.15, -0.1) is 0 Å². The van der Waals surface area contributed by atoms with Crippen LogP contribution in [0.5, 0.6) is 0 Å². The van der Waals surface area contributed by atoms with Gasteiger partial charge in [-0.3, -0.25) is 14.9 Å². The summed E-state index contributed by atoms with van der Waals surface area (Å²) in [5, 5.41) is 9.64. The molecule has 6 heteroatoms. The molecule has 6 nitrogen and oxygen atoms in total. The molecule has 0 saturated heterocycles. The number of hydrogen-bond donors (Lipinski definition) is 3. The molecule has 0 aromatic carbocycles. The quantitative estimate of drug-likeness (QED) is 0.790. The summed E-state index contributed by atoms with van der Waals surface area (Å²) in [5.41, 5.74) is 9.45. The van der Waals surface area contributed by atoms with E-state index in [4.69, 9.17) is 5.73 Å². The van der Waals surface area contributed by atoms with E-state index in [2.05, 4.69) is 20.5 Å². The molecule has 0 bridgehead atoms. The molecule has 20 heavy (non-hydrogen) atoms. The van der Waals surface area contributed by atoms with Crippen LogP contribution in [0.25, 0.3) is 0 Å². The highest BCUT2D eigenvalue weighted by Crippen LogP contribution is 2.21. The fraction of sp³-hybridized carbons (Fsp3) is 0.357. The number of hydrogen-bond acceptors (Lipinski definition) is 4. The topological polar surface area (TPSA) is 96.7 Å². The summed E-state index contributed by atoms with van der Waals surface area (Å²) in [5.74, 6) is -0.0756. The molecule has 0 spiro atoms. The number of nitrogens with two attached hydrogens (primary N) is 1. The molecule has 0 aliphatic rings. The van der Waals surface area contributed by atoms with E-state index >= 15 is 0 Å². The van der Waals surface area contributed by atoms with Crippen molar-refractivity contribution in [3.8, 4) is 0 Å². The summed E-state index contributed by atoms with van der Waals surface area (Å²) >= 11 is 0. The first kappa shape index (κ1) is 14.0. The molecule has 2 aromatic heterocycles. The van der Waals surface area contributed by atoms with Gasteiger partial charge in [-0.05, 0) is 30.0 Å². The highest BCUT2D eigenvalue weighted by Gasteiger charge is 2.18. The number of nitrogen functional groups attached to an aromatic ring is 1. The minimum atomic E-state index is -0.276. The monoisotopic (exact) mass is 273 g/mol. The van der Waals surface area contributed by atoms with Gasteiger partial charge in [-0.1, -0.05) is 13.8 Å². The highest BCUT2D eigenvalue weighted by atomic mass is 16.1. The molecule has 0 aliphatic carbocycles. The van der Waals surface area contributed by atoms with Crippen LogP contribution in [0.3, 0.4) is 0 Å². The predicted octanol–water partition coefficient (Wildman–Crippen LogP) is 1.75. The number of anilines is 1. The molecular weight excluding hydrogens is 254 g/mol. The summed E-state index contributed by atoms with van der Waals surface area (Å²) in [4.78, 5) is 16.1. The van der Waals surface area contributed by atoms with E-state index in [0.717, 1.165) is 16.8 Å². The molecule has 1 amide bonds. The first-order valence-corrected chi connectivity index (χ1v) is 6.52. The van der Waals surface area contributed by atoms with Crippen molar-refractivity contribution in [2.75, 3.05) is 5.73 Å². The molecule has 2 heterocycles. The molecule has 0 atom stereocenters. The van der Waals surface area contributed by atoms with Gasteiger partial charge in [-0.25, -0.2) is 0 Å². The third kappa shape index (κ3) is 2.79. The number of rotatable bonds is 4. The Morgan fingerprint density at radius 1 is 1.50 bits per heavy atom. The summed E-state index contributed by atoms with van der Waals surface area (Å²) < 4.78 is 0. The van der Waals surface area contributed by atoms with Crippen LogP contribution in [-0.4, -0.2) is 21.1 Å². The molecule has 0 aliphatic heterocycles. The van der Waals surface area contributed by atoms with Crippen molar-refractivity contribution >= 4 is 11.6 Å². The van der Waals surface area contributed by atoms with Crippen LogP contribution in [0.2, 0.25) is 0 Å².